The number of hydrogen-bond acceptors (Lipinski definition) is 3. The van der Waals surface area contributed by atoms with Crippen LogP contribution >= 0.6 is 15.9 Å². The van der Waals surface area contributed by atoms with Crippen molar-refractivity contribution in [3.8, 4) is 5.75 Å². The summed E-state index contributed by atoms with van der Waals surface area (Å²) in [6.07, 6.45) is 0.690. The third-order valence-corrected chi connectivity index (χ3v) is 2.51. The fraction of sp³-hybridized carbons (Fsp3) is 0.200. The number of hydrogen-bond donors (Lipinski definition) is 0. The quantitative estimate of drug-likeness (QED) is 0.617. The van der Waals surface area contributed by atoms with Crippen LogP contribution in [0.25, 0.3) is 0 Å². The Morgan fingerprint density at radius 1 is 1.50 bits per heavy atom. The third kappa shape index (κ3) is 2.01. The number of carbonyl (C=O) groups is 2. The molecule has 0 radical (unpaired) electrons. The zero-order chi connectivity index (χ0) is 10.7. The van der Waals surface area contributed by atoms with Crippen molar-refractivity contribution in [1.82, 2.24) is 0 Å². The molecule has 0 N–H and O–H groups in total. The Kier molecular flexibility index (Phi) is 3.41. The summed E-state index contributed by atoms with van der Waals surface area (Å²) < 4.78 is 5.64. The lowest BCUT2D eigenvalue weighted by Crippen LogP contribution is -1.99. The maximum atomic E-state index is 11.2. The van der Waals surface area contributed by atoms with Gasteiger partial charge in [0, 0.05) is 10.0 Å². The minimum atomic E-state index is -0.127. The topological polar surface area (TPSA) is 43.4 Å². The highest BCUT2D eigenvalue weighted by molar-refractivity contribution is 9.10. The van der Waals surface area contributed by atoms with Gasteiger partial charge in [-0.25, -0.2) is 0 Å². The third-order valence-electron chi connectivity index (χ3n) is 1.83. The Morgan fingerprint density at radius 3 is 2.57 bits per heavy atom. The molecule has 74 valence electrons. The second-order valence-corrected chi connectivity index (χ2v) is 3.60. The average Bonchev–Trinajstić information content (AvgIpc) is 2.16. The molecule has 0 aliphatic rings. The van der Waals surface area contributed by atoms with Gasteiger partial charge in [0.05, 0.1) is 12.7 Å². The summed E-state index contributed by atoms with van der Waals surface area (Å²) in [6.45, 7) is 1.43. The van der Waals surface area contributed by atoms with E-state index in [1.54, 1.807) is 6.07 Å². The Morgan fingerprint density at radius 2 is 2.14 bits per heavy atom. The van der Waals surface area contributed by atoms with Gasteiger partial charge in [-0.15, -0.1) is 0 Å². The summed E-state index contributed by atoms with van der Waals surface area (Å²) in [4.78, 5) is 21.8. The smallest absolute Gasteiger partial charge is 0.163 e. The van der Waals surface area contributed by atoms with Gasteiger partial charge in [-0.2, -0.15) is 0 Å². The summed E-state index contributed by atoms with van der Waals surface area (Å²) in [5, 5.41) is 0. The van der Waals surface area contributed by atoms with Crippen LogP contribution in [-0.4, -0.2) is 19.2 Å². The minimum Gasteiger partial charge on any atom is -0.496 e. The molecule has 0 saturated carbocycles. The first kappa shape index (κ1) is 10.9. The number of methoxy groups -OCH3 is 1. The number of ketones is 1. The summed E-state index contributed by atoms with van der Waals surface area (Å²) in [6, 6.07) is 3.12. The molecule has 0 saturated heterocycles. The van der Waals surface area contributed by atoms with Gasteiger partial charge >= 0.3 is 0 Å². The monoisotopic (exact) mass is 256 g/mol. The molecular formula is C10H9BrO3. The van der Waals surface area contributed by atoms with E-state index in [1.165, 1.54) is 20.1 Å². The van der Waals surface area contributed by atoms with Gasteiger partial charge < -0.3 is 4.74 Å². The first-order chi connectivity index (χ1) is 6.60. The number of halogens is 1. The fourth-order valence-corrected chi connectivity index (χ4v) is 1.52. The van der Waals surface area contributed by atoms with Crippen LogP contribution in [0.1, 0.15) is 27.6 Å². The number of benzene rings is 1. The zero-order valence-electron chi connectivity index (χ0n) is 7.83. The van der Waals surface area contributed by atoms with E-state index in [9.17, 15) is 9.59 Å². The van der Waals surface area contributed by atoms with E-state index in [4.69, 9.17) is 4.74 Å². The number of rotatable bonds is 3. The first-order valence-electron chi connectivity index (χ1n) is 3.93. The molecule has 0 amide bonds. The van der Waals surface area contributed by atoms with Crippen LogP contribution in [0.15, 0.2) is 16.6 Å². The van der Waals surface area contributed by atoms with Crippen LogP contribution in [0.3, 0.4) is 0 Å². The predicted octanol–water partition coefficient (Wildman–Crippen LogP) is 2.47. The molecule has 0 bridgehead atoms. The van der Waals surface area contributed by atoms with Crippen LogP contribution in [-0.2, 0) is 0 Å². The molecule has 0 unspecified atom stereocenters. The van der Waals surface area contributed by atoms with Crippen molar-refractivity contribution in [3.05, 3.63) is 27.7 Å². The summed E-state index contributed by atoms with van der Waals surface area (Å²) in [5.74, 6) is 0.340. The van der Waals surface area contributed by atoms with Gasteiger partial charge in [0.25, 0.3) is 0 Å². The van der Waals surface area contributed by atoms with Crippen LogP contribution < -0.4 is 4.74 Å². The molecule has 0 atom stereocenters. The van der Waals surface area contributed by atoms with Gasteiger partial charge in [0.2, 0.25) is 0 Å². The molecule has 4 heteroatoms. The molecule has 3 nitrogen and oxygen atoms in total. The largest absolute Gasteiger partial charge is 0.496 e. The normalized spacial score (nSPS) is 9.64. The Labute approximate surface area is 90.2 Å². The van der Waals surface area contributed by atoms with E-state index in [0.717, 1.165) is 0 Å². The minimum absolute atomic E-state index is 0.127. The Balaban J connectivity index is 3.39. The van der Waals surface area contributed by atoms with Gasteiger partial charge in [0.1, 0.15) is 5.75 Å². The van der Waals surface area contributed by atoms with Crippen LogP contribution in [0.2, 0.25) is 0 Å². The van der Waals surface area contributed by atoms with Crippen LogP contribution in [0.5, 0.6) is 5.75 Å². The van der Waals surface area contributed by atoms with Crippen molar-refractivity contribution in [2.24, 2.45) is 0 Å². The molecule has 1 rings (SSSR count). The second kappa shape index (κ2) is 4.37. The van der Waals surface area contributed by atoms with E-state index < -0.39 is 0 Å². The van der Waals surface area contributed by atoms with Gasteiger partial charge in [-0.1, -0.05) is 0 Å². The highest BCUT2D eigenvalue weighted by Crippen LogP contribution is 2.26. The highest BCUT2D eigenvalue weighted by atomic mass is 79.9. The molecule has 0 aromatic heterocycles. The SMILES string of the molecule is COc1cc(Br)c(C=O)cc1C(C)=O. The Hall–Kier alpha value is -1.16. The van der Waals surface area contributed by atoms with E-state index in [1.807, 2.05) is 0 Å². The van der Waals surface area contributed by atoms with Crippen molar-refractivity contribution < 1.29 is 14.3 Å². The molecule has 1 aromatic carbocycles. The van der Waals surface area contributed by atoms with Crippen molar-refractivity contribution in [2.75, 3.05) is 7.11 Å². The lowest BCUT2D eigenvalue weighted by molar-refractivity contribution is 0.101. The van der Waals surface area contributed by atoms with E-state index in [0.29, 0.717) is 27.6 Å². The average molecular weight is 257 g/mol. The lowest BCUT2D eigenvalue weighted by Gasteiger charge is -2.07. The predicted molar refractivity (Wildman–Crippen MR) is 56.1 cm³/mol. The molecule has 0 aliphatic heterocycles. The second-order valence-electron chi connectivity index (χ2n) is 2.75. The number of Topliss-reactive ketones (excluding diaryl/α,β-unsaturated/α-hetero) is 1. The zero-order valence-corrected chi connectivity index (χ0v) is 9.42. The van der Waals surface area contributed by atoms with E-state index in [-0.39, 0.29) is 5.78 Å². The molecule has 14 heavy (non-hydrogen) atoms. The Bertz CT molecular complexity index is 385. The molecule has 0 fully saturated rings. The first-order valence-corrected chi connectivity index (χ1v) is 4.73. The number of carbonyl (C=O) groups excluding carboxylic acids is 2. The maximum absolute atomic E-state index is 11.2. The molecule has 1 aromatic rings. The van der Waals surface area contributed by atoms with Crippen molar-refractivity contribution in [3.63, 3.8) is 0 Å². The van der Waals surface area contributed by atoms with Crippen molar-refractivity contribution in [1.29, 1.82) is 0 Å². The van der Waals surface area contributed by atoms with Crippen molar-refractivity contribution in [2.45, 2.75) is 6.92 Å². The van der Waals surface area contributed by atoms with E-state index in [2.05, 4.69) is 15.9 Å². The molecule has 0 aliphatic carbocycles. The number of aldehydes is 1. The standard InChI is InChI=1S/C10H9BrO3/c1-6(13)8-3-7(5-12)9(11)4-10(8)14-2/h3-5H,1-2H3. The summed E-state index contributed by atoms with van der Waals surface area (Å²) in [5.41, 5.74) is 0.855. The van der Waals surface area contributed by atoms with Crippen LogP contribution in [0.4, 0.5) is 0 Å². The number of ether oxygens (including phenoxy) is 1. The fourth-order valence-electron chi connectivity index (χ4n) is 1.11. The maximum Gasteiger partial charge on any atom is 0.163 e. The van der Waals surface area contributed by atoms with E-state index >= 15 is 0 Å². The summed E-state index contributed by atoms with van der Waals surface area (Å²) >= 11 is 3.21. The van der Waals surface area contributed by atoms with Crippen molar-refractivity contribution >= 4 is 28.0 Å². The van der Waals surface area contributed by atoms with Gasteiger partial charge in [0.15, 0.2) is 12.1 Å². The molecule has 0 spiro atoms. The van der Waals surface area contributed by atoms with Crippen LogP contribution in [0, 0.1) is 0 Å². The van der Waals surface area contributed by atoms with Gasteiger partial charge in [-0.05, 0) is 35.0 Å². The molecule has 0 heterocycles. The molecular weight excluding hydrogens is 248 g/mol. The summed E-state index contributed by atoms with van der Waals surface area (Å²) in [7, 11) is 1.48. The lowest BCUT2D eigenvalue weighted by atomic mass is 10.1. The highest BCUT2D eigenvalue weighted by Gasteiger charge is 2.11. The van der Waals surface area contributed by atoms with Gasteiger partial charge in [-0.3, -0.25) is 9.59 Å².